The summed E-state index contributed by atoms with van der Waals surface area (Å²) < 4.78 is 5.38. The van der Waals surface area contributed by atoms with Crippen LogP contribution in [-0.2, 0) is 16.0 Å². The van der Waals surface area contributed by atoms with Gasteiger partial charge in [-0.2, -0.15) is 11.3 Å². The highest BCUT2D eigenvalue weighted by Gasteiger charge is 2.32. The van der Waals surface area contributed by atoms with E-state index in [1.165, 1.54) is 0 Å². The van der Waals surface area contributed by atoms with E-state index in [1.54, 1.807) is 11.3 Å². The Balaban J connectivity index is 1.93. The molecule has 2 heterocycles. The number of Topliss-reactive ketones (excluding diaryl/α,β-unsaturated/α-hetero) is 1. The molecule has 0 aliphatic carbocycles. The van der Waals surface area contributed by atoms with E-state index < -0.39 is 0 Å². The minimum absolute atomic E-state index is 0.0276. The van der Waals surface area contributed by atoms with Gasteiger partial charge >= 0.3 is 0 Å². The predicted octanol–water partition coefficient (Wildman–Crippen LogP) is 1.48. The number of ketones is 1. The average molecular weight is 239 g/mol. The zero-order valence-electron chi connectivity index (χ0n) is 9.44. The van der Waals surface area contributed by atoms with Crippen molar-refractivity contribution >= 4 is 17.1 Å². The third-order valence-electron chi connectivity index (χ3n) is 2.92. The van der Waals surface area contributed by atoms with Crippen molar-refractivity contribution in [3.05, 3.63) is 22.4 Å². The van der Waals surface area contributed by atoms with E-state index in [4.69, 9.17) is 4.74 Å². The molecular formula is C12H17NO2S. The highest BCUT2D eigenvalue weighted by Crippen LogP contribution is 2.18. The van der Waals surface area contributed by atoms with Crippen LogP contribution in [-0.4, -0.2) is 31.6 Å². The fraction of sp³-hybridized carbons (Fsp3) is 0.583. The van der Waals surface area contributed by atoms with Crippen LogP contribution < -0.4 is 5.32 Å². The first-order valence-electron chi connectivity index (χ1n) is 5.66. The molecule has 88 valence electrons. The molecular weight excluding hydrogens is 222 g/mol. The van der Waals surface area contributed by atoms with Gasteiger partial charge in [0.25, 0.3) is 0 Å². The van der Waals surface area contributed by atoms with Gasteiger partial charge in [-0.05, 0) is 28.9 Å². The van der Waals surface area contributed by atoms with Crippen molar-refractivity contribution in [3.63, 3.8) is 0 Å². The monoisotopic (exact) mass is 239 g/mol. The number of ether oxygens (including phenoxy) is 1. The molecule has 16 heavy (non-hydrogen) atoms. The van der Waals surface area contributed by atoms with Crippen molar-refractivity contribution in [1.29, 1.82) is 0 Å². The van der Waals surface area contributed by atoms with Crippen molar-refractivity contribution in [1.82, 2.24) is 5.32 Å². The van der Waals surface area contributed by atoms with E-state index >= 15 is 0 Å². The Kier molecular flexibility index (Phi) is 4.09. The lowest BCUT2D eigenvalue weighted by Crippen LogP contribution is -2.39. The number of rotatable bonds is 5. The van der Waals surface area contributed by atoms with Crippen LogP contribution in [0.25, 0.3) is 0 Å². The van der Waals surface area contributed by atoms with Gasteiger partial charge in [-0.25, -0.2) is 0 Å². The summed E-state index contributed by atoms with van der Waals surface area (Å²) in [5, 5.41) is 7.36. The summed E-state index contributed by atoms with van der Waals surface area (Å²) in [4.78, 5) is 12.1. The molecule has 2 rings (SSSR count). The molecule has 1 aliphatic heterocycles. The van der Waals surface area contributed by atoms with Gasteiger partial charge in [-0.1, -0.05) is 6.92 Å². The Morgan fingerprint density at radius 2 is 2.50 bits per heavy atom. The molecule has 0 spiro atoms. The number of nitrogens with one attached hydrogen (secondary N) is 1. The maximum absolute atomic E-state index is 12.1. The topological polar surface area (TPSA) is 38.3 Å². The predicted molar refractivity (Wildman–Crippen MR) is 64.8 cm³/mol. The summed E-state index contributed by atoms with van der Waals surface area (Å²) in [7, 11) is 0. The molecule has 3 nitrogen and oxygen atoms in total. The Labute approximate surface area is 99.8 Å². The summed E-state index contributed by atoms with van der Waals surface area (Å²) in [5.74, 6) is 0.321. The van der Waals surface area contributed by atoms with Crippen LogP contribution in [0.15, 0.2) is 16.8 Å². The van der Waals surface area contributed by atoms with Crippen LogP contribution in [0.5, 0.6) is 0 Å². The van der Waals surface area contributed by atoms with Crippen LogP contribution in [0, 0.1) is 5.92 Å². The summed E-state index contributed by atoms with van der Waals surface area (Å²) in [6, 6.07) is 2.22. The molecule has 1 aliphatic rings. The average Bonchev–Trinajstić information content (AvgIpc) is 2.89. The number of thiophene rings is 1. The van der Waals surface area contributed by atoms with E-state index in [0.29, 0.717) is 25.4 Å². The fourth-order valence-electron chi connectivity index (χ4n) is 2.06. The van der Waals surface area contributed by atoms with E-state index in [2.05, 4.69) is 12.2 Å². The maximum atomic E-state index is 12.1. The lowest BCUT2D eigenvalue weighted by Gasteiger charge is -2.16. The highest BCUT2D eigenvalue weighted by atomic mass is 32.1. The first-order valence-corrected chi connectivity index (χ1v) is 6.60. The van der Waals surface area contributed by atoms with Gasteiger partial charge in [0.05, 0.1) is 19.1 Å². The summed E-state index contributed by atoms with van der Waals surface area (Å²) in [6.07, 6.45) is 0.541. The smallest absolute Gasteiger partial charge is 0.144 e. The SMILES string of the molecule is CCNC1COCC1C(=O)Cc1ccsc1. The lowest BCUT2D eigenvalue weighted by molar-refractivity contribution is -0.122. The van der Waals surface area contributed by atoms with Gasteiger partial charge in [0, 0.05) is 12.5 Å². The second-order valence-corrected chi connectivity index (χ2v) is 4.86. The third-order valence-corrected chi connectivity index (χ3v) is 3.65. The molecule has 2 unspecified atom stereocenters. The Morgan fingerprint density at radius 1 is 1.62 bits per heavy atom. The molecule has 0 radical (unpaired) electrons. The van der Waals surface area contributed by atoms with Crippen molar-refractivity contribution in [2.75, 3.05) is 19.8 Å². The summed E-state index contributed by atoms with van der Waals surface area (Å²) >= 11 is 1.64. The second kappa shape index (κ2) is 5.57. The van der Waals surface area contributed by atoms with Crippen LogP contribution in [0.2, 0.25) is 0 Å². The molecule has 0 aromatic carbocycles. The molecule has 1 saturated heterocycles. The van der Waals surface area contributed by atoms with Gasteiger partial charge in [0.2, 0.25) is 0 Å². The van der Waals surface area contributed by atoms with Crippen LogP contribution >= 0.6 is 11.3 Å². The number of carbonyl (C=O) groups excluding carboxylic acids is 1. The van der Waals surface area contributed by atoms with Crippen LogP contribution in [0.3, 0.4) is 0 Å². The molecule has 1 aromatic heterocycles. The minimum atomic E-state index is 0.0276. The molecule has 4 heteroatoms. The van der Waals surface area contributed by atoms with E-state index in [9.17, 15) is 4.79 Å². The lowest BCUT2D eigenvalue weighted by atomic mass is 9.94. The number of carbonyl (C=O) groups is 1. The quantitative estimate of drug-likeness (QED) is 0.846. The highest BCUT2D eigenvalue weighted by molar-refractivity contribution is 7.07. The first-order chi connectivity index (χ1) is 7.81. The number of hydrogen-bond donors (Lipinski definition) is 1. The normalized spacial score (nSPS) is 24.8. The molecule has 0 bridgehead atoms. The van der Waals surface area contributed by atoms with Crippen molar-refractivity contribution in [3.8, 4) is 0 Å². The molecule has 0 amide bonds. The molecule has 1 fully saturated rings. The summed E-state index contributed by atoms with van der Waals surface area (Å²) in [5.41, 5.74) is 1.12. The Bertz CT molecular complexity index is 337. The zero-order valence-corrected chi connectivity index (χ0v) is 10.3. The van der Waals surface area contributed by atoms with Crippen molar-refractivity contribution < 1.29 is 9.53 Å². The zero-order chi connectivity index (χ0) is 11.4. The van der Waals surface area contributed by atoms with Gasteiger partial charge in [-0.3, -0.25) is 4.79 Å². The molecule has 1 N–H and O–H groups in total. The van der Waals surface area contributed by atoms with E-state index in [-0.39, 0.29) is 12.0 Å². The van der Waals surface area contributed by atoms with Gasteiger partial charge in [0.15, 0.2) is 0 Å². The van der Waals surface area contributed by atoms with Crippen LogP contribution in [0.4, 0.5) is 0 Å². The van der Waals surface area contributed by atoms with Gasteiger partial charge in [-0.15, -0.1) is 0 Å². The summed E-state index contributed by atoms with van der Waals surface area (Å²) in [6.45, 7) is 4.17. The Morgan fingerprint density at radius 3 is 3.19 bits per heavy atom. The number of hydrogen-bond acceptors (Lipinski definition) is 4. The maximum Gasteiger partial charge on any atom is 0.144 e. The van der Waals surface area contributed by atoms with Gasteiger partial charge in [0.1, 0.15) is 5.78 Å². The molecule has 2 atom stereocenters. The first kappa shape index (κ1) is 11.8. The van der Waals surface area contributed by atoms with E-state index in [0.717, 1.165) is 12.1 Å². The third kappa shape index (κ3) is 2.70. The largest absolute Gasteiger partial charge is 0.379 e. The number of likely N-dealkylation sites (N-methyl/N-ethyl adjacent to an activating group) is 1. The van der Waals surface area contributed by atoms with Crippen molar-refractivity contribution in [2.45, 2.75) is 19.4 Å². The minimum Gasteiger partial charge on any atom is -0.379 e. The molecule has 1 aromatic rings. The Hall–Kier alpha value is -0.710. The van der Waals surface area contributed by atoms with Gasteiger partial charge < -0.3 is 10.1 Å². The fourth-order valence-corrected chi connectivity index (χ4v) is 2.73. The van der Waals surface area contributed by atoms with E-state index in [1.807, 2.05) is 16.8 Å². The standard InChI is InChI=1S/C12H17NO2S/c1-2-13-11-7-15-6-10(11)12(14)5-9-3-4-16-8-9/h3-4,8,10-11,13H,2,5-7H2,1H3. The second-order valence-electron chi connectivity index (χ2n) is 4.08. The molecule has 0 saturated carbocycles. The van der Waals surface area contributed by atoms with Crippen molar-refractivity contribution in [2.24, 2.45) is 5.92 Å². The van der Waals surface area contributed by atoms with Crippen LogP contribution in [0.1, 0.15) is 12.5 Å².